The summed E-state index contributed by atoms with van der Waals surface area (Å²) in [6, 6.07) is 7.21. The zero-order valence-corrected chi connectivity index (χ0v) is 15.7. The van der Waals surface area contributed by atoms with Crippen LogP contribution in [-0.2, 0) is 4.79 Å². The van der Waals surface area contributed by atoms with Gasteiger partial charge in [0.1, 0.15) is 5.82 Å². The first-order valence-corrected chi connectivity index (χ1v) is 10.1. The molecule has 2 bridgehead atoms. The van der Waals surface area contributed by atoms with Crippen molar-refractivity contribution in [3.05, 3.63) is 30.1 Å². The monoisotopic (exact) mass is 359 g/mol. The largest absolute Gasteiger partial charge is 0.367 e. The van der Waals surface area contributed by atoms with E-state index >= 15 is 0 Å². The number of piperazine rings is 1. The van der Waals surface area contributed by atoms with Crippen LogP contribution in [0.2, 0.25) is 0 Å². The van der Waals surface area contributed by atoms with Gasteiger partial charge < -0.3 is 10.2 Å². The number of para-hydroxylation sites is 1. The highest BCUT2D eigenvalue weighted by Gasteiger charge is 2.42. The summed E-state index contributed by atoms with van der Waals surface area (Å²) in [6.45, 7) is 5.75. The van der Waals surface area contributed by atoms with Gasteiger partial charge in [0.15, 0.2) is 0 Å². The molecule has 1 amide bonds. The molecule has 0 spiro atoms. The molecule has 26 heavy (non-hydrogen) atoms. The van der Waals surface area contributed by atoms with E-state index in [1.54, 1.807) is 6.07 Å². The van der Waals surface area contributed by atoms with Crippen molar-refractivity contribution in [2.45, 2.75) is 38.6 Å². The number of anilines is 1. The molecule has 1 N–H and O–H groups in total. The van der Waals surface area contributed by atoms with Gasteiger partial charge in [-0.1, -0.05) is 18.6 Å². The summed E-state index contributed by atoms with van der Waals surface area (Å²) in [5.74, 6) is 2.39. The van der Waals surface area contributed by atoms with Crippen LogP contribution in [0.25, 0.3) is 0 Å². The maximum atomic E-state index is 13.9. The van der Waals surface area contributed by atoms with E-state index < -0.39 is 0 Å². The summed E-state index contributed by atoms with van der Waals surface area (Å²) in [4.78, 5) is 16.7. The molecule has 0 unspecified atom stereocenters. The van der Waals surface area contributed by atoms with Gasteiger partial charge in [0.05, 0.1) is 12.2 Å². The van der Waals surface area contributed by atoms with Gasteiger partial charge in [-0.05, 0) is 56.1 Å². The lowest BCUT2D eigenvalue weighted by Crippen LogP contribution is -2.51. The van der Waals surface area contributed by atoms with Crippen LogP contribution in [0.4, 0.5) is 10.1 Å². The van der Waals surface area contributed by atoms with E-state index in [1.807, 2.05) is 12.1 Å². The zero-order chi connectivity index (χ0) is 18.1. The molecule has 0 aromatic heterocycles. The van der Waals surface area contributed by atoms with Gasteiger partial charge in [0, 0.05) is 32.2 Å². The van der Waals surface area contributed by atoms with Crippen LogP contribution in [0.3, 0.4) is 0 Å². The summed E-state index contributed by atoms with van der Waals surface area (Å²) < 4.78 is 13.9. The molecular weight excluding hydrogens is 329 g/mol. The van der Waals surface area contributed by atoms with E-state index in [0.717, 1.165) is 38.0 Å². The number of amides is 1. The number of fused-ring (bicyclic) bond motifs is 2. The van der Waals surface area contributed by atoms with Gasteiger partial charge in [-0.3, -0.25) is 9.69 Å². The van der Waals surface area contributed by atoms with E-state index in [9.17, 15) is 9.18 Å². The van der Waals surface area contributed by atoms with Crippen molar-refractivity contribution in [3.8, 4) is 0 Å². The standard InChI is InChI=1S/C21H30FN3O/c1-15(18-13-16-6-7-17(18)12-16)23-21(26)14-24-8-10-25(11-9-24)20-5-3-2-4-19(20)22/h2-5,15-18H,6-14H2,1H3,(H,23,26)/t15-,16+,17+,18+/m1/s1. The first-order valence-electron chi connectivity index (χ1n) is 10.1. The number of nitrogens with one attached hydrogen (secondary N) is 1. The van der Waals surface area contributed by atoms with Crippen LogP contribution in [-0.4, -0.2) is 49.6 Å². The number of carbonyl (C=O) groups excluding carboxylic acids is 1. The highest BCUT2D eigenvalue weighted by atomic mass is 19.1. The molecule has 3 fully saturated rings. The van der Waals surface area contributed by atoms with Gasteiger partial charge in [0.25, 0.3) is 0 Å². The zero-order valence-electron chi connectivity index (χ0n) is 15.7. The Kier molecular flexibility index (Phi) is 5.16. The second-order valence-electron chi connectivity index (χ2n) is 8.41. The highest BCUT2D eigenvalue weighted by molar-refractivity contribution is 5.78. The third-order valence-electron chi connectivity index (χ3n) is 6.76. The third kappa shape index (κ3) is 3.73. The van der Waals surface area contributed by atoms with E-state index in [1.165, 1.54) is 31.7 Å². The van der Waals surface area contributed by atoms with Crippen molar-refractivity contribution in [2.75, 3.05) is 37.6 Å². The number of benzene rings is 1. The Morgan fingerprint density at radius 3 is 2.62 bits per heavy atom. The Morgan fingerprint density at radius 2 is 1.96 bits per heavy atom. The summed E-state index contributed by atoms with van der Waals surface area (Å²) in [5.41, 5.74) is 0.668. The topological polar surface area (TPSA) is 35.6 Å². The van der Waals surface area contributed by atoms with E-state index in [2.05, 4.69) is 22.0 Å². The minimum Gasteiger partial charge on any atom is -0.367 e. The fourth-order valence-corrected chi connectivity index (χ4v) is 5.37. The van der Waals surface area contributed by atoms with Crippen molar-refractivity contribution >= 4 is 11.6 Å². The Bertz CT molecular complexity index is 644. The minimum absolute atomic E-state index is 0.139. The predicted molar refractivity (Wildman–Crippen MR) is 102 cm³/mol. The highest BCUT2D eigenvalue weighted by Crippen LogP contribution is 2.49. The van der Waals surface area contributed by atoms with Crippen LogP contribution in [0.5, 0.6) is 0 Å². The molecule has 3 aliphatic rings. The number of halogens is 1. The molecule has 2 saturated carbocycles. The van der Waals surface area contributed by atoms with Crippen LogP contribution in [0.15, 0.2) is 24.3 Å². The number of nitrogens with zero attached hydrogens (tertiary/aromatic N) is 2. The summed E-state index contributed by atoms with van der Waals surface area (Å²) in [7, 11) is 0. The van der Waals surface area contributed by atoms with Crippen LogP contribution >= 0.6 is 0 Å². The number of carbonyl (C=O) groups is 1. The average molecular weight is 359 g/mol. The second kappa shape index (κ2) is 7.55. The summed E-state index contributed by atoms with van der Waals surface area (Å²) >= 11 is 0. The Hall–Kier alpha value is -1.62. The number of rotatable bonds is 5. The smallest absolute Gasteiger partial charge is 0.234 e. The molecule has 1 saturated heterocycles. The van der Waals surface area contributed by atoms with Crippen LogP contribution < -0.4 is 10.2 Å². The SMILES string of the molecule is C[C@@H](NC(=O)CN1CCN(c2ccccc2F)CC1)[C@@H]1C[C@H]2CC[C@H]1C2. The molecule has 1 aromatic rings. The van der Waals surface area contributed by atoms with Crippen LogP contribution in [0, 0.1) is 23.6 Å². The molecule has 5 heteroatoms. The summed E-state index contributed by atoms with van der Waals surface area (Å²) in [5, 5.41) is 3.25. The predicted octanol–water partition coefficient (Wildman–Crippen LogP) is 2.89. The van der Waals surface area contributed by atoms with Gasteiger partial charge in [-0.25, -0.2) is 4.39 Å². The second-order valence-corrected chi connectivity index (χ2v) is 8.41. The summed E-state index contributed by atoms with van der Waals surface area (Å²) in [6.07, 6.45) is 5.43. The van der Waals surface area contributed by atoms with E-state index in [-0.39, 0.29) is 17.8 Å². The molecule has 0 radical (unpaired) electrons. The molecule has 1 heterocycles. The lowest BCUT2D eigenvalue weighted by molar-refractivity contribution is -0.123. The minimum atomic E-state index is -0.168. The van der Waals surface area contributed by atoms with Crippen molar-refractivity contribution < 1.29 is 9.18 Å². The third-order valence-corrected chi connectivity index (χ3v) is 6.76. The Balaban J connectivity index is 1.23. The van der Waals surface area contributed by atoms with Crippen molar-refractivity contribution in [3.63, 3.8) is 0 Å². The molecule has 2 aliphatic carbocycles. The van der Waals surface area contributed by atoms with Gasteiger partial charge in [-0.15, -0.1) is 0 Å². The average Bonchev–Trinajstić information content (AvgIpc) is 3.26. The molecule has 1 aromatic carbocycles. The Morgan fingerprint density at radius 1 is 1.19 bits per heavy atom. The first-order chi connectivity index (χ1) is 12.6. The van der Waals surface area contributed by atoms with E-state index in [0.29, 0.717) is 18.2 Å². The van der Waals surface area contributed by atoms with Crippen molar-refractivity contribution in [1.29, 1.82) is 0 Å². The molecule has 142 valence electrons. The van der Waals surface area contributed by atoms with Gasteiger partial charge in [0.2, 0.25) is 5.91 Å². The fraction of sp³-hybridized carbons (Fsp3) is 0.667. The van der Waals surface area contributed by atoms with E-state index in [4.69, 9.17) is 0 Å². The lowest BCUT2D eigenvalue weighted by atomic mass is 9.84. The molecule has 1 aliphatic heterocycles. The number of hydrogen-bond donors (Lipinski definition) is 1. The first kappa shape index (κ1) is 17.8. The van der Waals surface area contributed by atoms with Crippen molar-refractivity contribution in [2.24, 2.45) is 17.8 Å². The molecule has 4 nitrogen and oxygen atoms in total. The number of hydrogen-bond acceptors (Lipinski definition) is 3. The maximum Gasteiger partial charge on any atom is 0.234 e. The molecule has 4 atom stereocenters. The molecular formula is C21H30FN3O. The maximum absolute atomic E-state index is 13.9. The molecule has 4 rings (SSSR count). The van der Waals surface area contributed by atoms with Gasteiger partial charge in [-0.2, -0.15) is 0 Å². The van der Waals surface area contributed by atoms with Crippen LogP contribution in [0.1, 0.15) is 32.6 Å². The fourth-order valence-electron chi connectivity index (χ4n) is 5.37. The Labute approximate surface area is 155 Å². The lowest BCUT2D eigenvalue weighted by Gasteiger charge is -2.36. The van der Waals surface area contributed by atoms with Crippen molar-refractivity contribution in [1.82, 2.24) is 10.2 Å². The normalized spacial score (nSPS) is 29.8. The quantitative estimate of drug-likeness (QED) is 0.878. The van der Waals surface area contributed by atoms with Gasteiger partial charge >= 0.3 is 0 Å².